The molecule has 0 aromatic heterocycles. The average molecular weight is 389 g/mol. The van der Waals surface area contributed by atoms with Gasteiger partial charge in [0.1, 0.15) is 13.2 Å². The van der Waals surface area contributed by atoms with Crippen LogP contribution in [0.5, 0.6) is 17.2 Å². The first-order chi connectivity index (χ1) is 13.6. The van der Waals surface area contributed by atoms with Gasteiger partial charge in [-0.15, -0.1) is 0 Å². The SMILES string of the molecule is COc1cc(/C=C/C(=O)O[C@@H](C)C(=O)NC2CCCCC2)cc2c1OCCO2. The Hall–Kier alpha value is -2.70. The molecule has 2 aliphatic rings. The van der Waals surface area contributed by atoms with Gasteiger partial charge >= 0.3 is 5.97 Å². The van der Waals surface area contributed by atoms with E-state index >= 15 is 0 Å². The lowest BCUT2D eigenvalue weighted by Gasteiger charge is -2.24. The monoisotopic (exact) mass is 389 g/mol. The number of nitrogens with one attached hydrogen (secondary N) is 1. The summed E-state index contributed by atoms with van der Waals surface area (Å²) >= 11 is 0. The number of carbonyl (C=O) groups is 2. The number of hydrogen-bond donors (Lipinski definition) is 1. The van der Waals surface area contributed by atoms with Crippen molar-refractivity contribution in [2.24, 2.45) is 0 Å². The van der Waals surface area contributed by atoms with Crippen molar-refractivity contribution in [1.82, 2.24) is 5.32 Å². The Balaban J connectivity index is 1.56. The highest BCUT2D eigenvalue weighted by molar-refractivity contribution is 5.90. The molecule has 28 heavy (non-hydrogen) atoms. The molecule has 1 saturated carbocycles. The molecule has 0 spiro atoms. The molecule has 0 saturated heterocycles. The van der Waals surface area contributed by atoms with Crippen LogP contribution >= 0.6 is 0 Å². The van der Waals surface area contributed by atoms with Crippen LogP contribution in [-0.4, -0.2) is 44.3 Å². The first kappa shape index (κ1) is 20.0. The Morgan fingerprint density at radius 3 is 2.68 bits per heavy atom. The van der Waals surface area contributed by atoms with E-state index in [2.05, 4.69) is 5.32 Å². The molecule has 0 unspecified atom stereocenters. The molecule has 7 nitrogen and oxygen atoms in total. The molecular weight excluding hydrogens is 362 g/mol. The molecule has 7 heteroatoms. The van der Waals surface area contributed by atoms with Crippen molar-refractivity contribution >= 4 is 18.0 Å². The third kappa shape index (κ3) is 5.18. The van der Waals surface area contributed by atoms with Crippen LogP contribution in [0.2, 0.25) is 0 Å². The molecule has 1 aromatic rings. The Kier molecular flexibility index (Phi) is 6.79. The van der Waals surface area contributed by atoms with E-state index in [1.54, 1.807) is 32.2 Å². The summed E-state index contributed by atoms with van der Waals surface area (Å²) in [4.78, 5) is 24.3. The number of amides is 1. The maximum atomic E-state index is 12.2. The van der Waals surface area contributed by atoms with Gasteiger partial charge in [0, 0.05) is 12.1 Å². The van der Waals surface area contributed by atoms with Crippen LogP contribution in [-0.2, 0) is 14.3 Å². The molecule has 0 bridgehead atoms. The Morgan fingerprint density at radius 1 is 1.18 bits per heavy atom. The molecule has 152 valence electrons. The minimum absolute atomic E-state index is 0.183. The van der Waals surface area contributed by atoms with Gasteiger partial charge in [0.15, 0.2) is 17.6 Å². The molecule has 1 N–H and O–H groups in total. The predicted molar refractivity (Wildman–Crippen MR) is 104 cm³/mol. The topological polar surface area (TPSA) is 83.1 Å². The van der Waals surface area contributed by atoms with Crippen LogP contribution in [0.3, 0.4) is 0 Å². The van der Waals surface area contributed by atoms with Gasteiger partial charge in [-0.25, -0.2) is 4.79 Å². The summed E-state index contributed by atoms with van der Waals surface area (Å²) in [5.41, 5.74) is 0.706. The highest BCUT2D eigenvalue weighted by Gasteiger charge is 2.22. The highest BCUT2D eigenvalue weighted by atomic mass is 16.6. The second kappa shape index (κ2) is 9.48. The van der Waals surface area contributed by atoms with E-state index in [0.717, 1.165) is 25.7 Å². The Labute approximate surface area is 165 Å². The fraction of sp³-hybridized carbons (Fsp3) is 0.524. The van der Waals surface area contributed by atoms with Gasteiger partial charge in [0.05, 0.1) is 7.11 Å². The van der Waals surface area contributed by atoms with Gasteiger partial charge in [-0.1, -0.05) is 19.3 Å². The Bertz CT molecular complexity index is 721. The second-order valence-electron chi connectivity index (χ2n) is 7.00. The molecule has 1 aliphatic carbocycles. The number of ether oxygens (including phenoxy) is 4. The number of esters is 1. The molecule has 0 radical (unpaired) electrons. The lowest BCUT2D eigenvalue weighted by molar-refractivity contribution is -0.150. The van der Waals surface area contributed by atoms with E-state index in [4.69, 9.17) is 18.9 Å². The van der Waals surface area contributed by atoms with Crippen molar-refractivity contribution < 1.29 is 28.5 Å². The minimum Gasteiger partial charge on any atom is -0.493 e. The largest absolute Gasteiger partial charge is 0.493 e. The number of benzene rings is 1. The Morgan fingerprint density at radius 2 is 1.93 bits per heavy atom. The van der Waals surface area contributed by atoms with Crippen LogP contribution in [0.15, 0.2) is 18.2 Å². The molecule has 3 rings (SSSR count). The smallest absolute Gasteiger partial charge is 0.331 e. The number of hydrogen-bond acceptors (Lipinski definition) is 6. The molecule has 1 heterocycles. The summed E-state index contributed by atoms with van der Waals surface area (Å²) in [6, 6.07) is 3.69. The van der Waals surface area contributed by atoms with Crippen LogP contribution < -0.4 is 19.5 Å². The van der Waals surface area contributed by atoms with Crippen molar-refractivity contribution in [3.63, 3.8) is 0 Å². The van der Waals surface area contributed by atoms with Crippen molar-refractivity contribution in [3.8, 4) is 17.2 Å². The van der Waals surface area contributed by atoms with E-state index in [-0.39, 0.29) is 11.9 Å². The summed E-state index contributed by atoms with van der Waals surface area (Å²) in [7, 11) is 1.54. The van der Waals surface area contributed by atoms with Gasteiger partial charge in [-0.3, -0.25) is 4.79 Å². The lowest BCUT2D eigenvalue weighted by atomic mass is 9.95. The third-order valence-electron chi connectivity index (χ3n) is 4.88. The number of rotatable bonds is 6. The standard InChI is InChI=1S/C21H27NO6/c1-14(21(24)22-16-6-4-3-5-7-16)28-19(23)9-8-15-12-17(25-2)20-18(13-15)26-10-11-27-20/h8-9,12-14,16H,3-7,10-11H2,1-2H3,(H,22,24)/b9-8+/t14-/m0/s1. The summed E-state index contributed by atoms with van der Waals surface area (Å²) in [5.74, 6) is 0.820. The summed E-state index contributed by atoms with van der Waals surface area (Å²) in [6.07, 6.45) is 7.48. The van der Waals surface area contributed by atoms with Crippen molar-refractivity contribution in [2.75, 3.05) is 20.3 Å². The van der Waals surface area contributed by atoms with Gasteiger partial charge in [-0.05, 0) is 43.5 Å². The number of methoxy groups -OCH3 is 1. The van der Waals surface area contributed by atoms with E-state index < -0.39 is 12.1 Å². The fourth-order valence-electron chi connectivity index (χ4n) is 3.39. The molecule has 1 aromatic carbocycles. The number of fused-ring (bicyclic) bond motifs is 1. The van der Waals surface area contributed by atoms with E-state index in [0.29, 0.717) is 36.0 Å². The van der Waals surface area contributed by atoms with E-state index in [9.17, 15) is 9.59 Å². The zero-order valence-corrected chi connectivity index (χ0v) is 16.4. The van der Waals surface area contributed by atoms with E-state index in [1.807, 2.05) is 0 Å². The molecule has 1 atom stereocenters. The van der Waals surface area contributed by atoms with Gasteiger partial charge in [-0.2, -0.15) is 0 Å². The quantitative estimate of drug-likeness (QED) is 0.595. The summed E-state index contributed by atoms with van der Waals surface area (Å²) in [6.45, 7) is 2.50. The van der Waals surface area contributed by atoms with Crippen LogP contribution in [0.4, 0.5) is 0 Å². The van der Waals surface area contributed by atoms with Crippen LogP contribution in [0.25, 0.3) is 6.08 Å². The lowest BCUT2D eigenvalue weighted by Crippen LogP contribution is -2.42. The summed E-state index contributed by atoms with van der Waals surface area (Å²) < 4.78 is 21.7. The third-order valence-corrected chi connectivity index (χ3v) is 4.88. The zero-order valence-electron chi connectivity index (χ0n) is 16.4. The zero-order chi connectivity index (χ0) is 19.9. The predicted octanol–water partition coefficient (Wildman–Crippen LogP) is 2.86. The molecule has 1 amide bonds. The first-order valence-corrected chi connectivity index (χ1v) is 9.73. The first-order valence-electron chi connectivity index (χ1n) is 9.73. The van der Waals surface area contributed by atoms with Crippen LogP contribution in [0.1, 0.15) is 44.6 Å². The molecule has 1 fully saturated rings. The maximum Gasteiger partial charge on any atom is 0.331 e. The van der Waals surface area contributed by atoms with Crippen molar-refractivity contribution in [1.29, 1.82) is 0 Å². The maximum absolute atomic E-state index is 12.2. The average Bonchev–Trinajstić information content (AvgIpc) is 2.72. The molecule has 1 aliphatic heterocycles. The normalized spacial score (nSPS) is 17.8. The van der Waals surface area contributed by atoms with Gasteiger partial charge < -0.3 is 24.3 Å². The van der Waals surface area contributed by atoms with Crippen LogP contribution in [0, 0.1) is 0 Å². The molecular formula is C21H27NO6. The highest BCUT2D eigenvalue weighted by Crippen LogP contribution is 2.40. The summed E-state index contributed by atoms with van der Waals surface area (Å²) in [5, 5.41) is 2.96. The van der Waals surface area contributed by atoms with E-state index in [1.165, 1.54) is 12.5 Å². The van der Waals surface area contributed by atoms with Crippen molar-refractivity contribution in [3.05, 3.63) is 23.8 Å². The second-order valence-corrected chi connectivity index (χ2v) is 7.00. The van der Waals surface area contributed by atoms with Gasteiger partial charge in [0.25, 0.3) is 5.91 Å². The minimum atomic E-state index is -0.839. The fourth-order valence-corrected chi connectivity index (χ4v) is 3.39. The van der Waals surface area contributed by atoms with Gasteiger partial charge in [0.2, 0.25) is 5.75 Å². The van der Waals surface area contributed by atoms with Crippen molar-refractivity contribution in [2.45, 2.75) is 51.2 Å². The number of carbonyl (C=O) groups excluding carboxylic acids is 2.